The molecule has 1 aromatic heterocycles. The standard InChI is InChI=1S/C12H13BrN2O2S/c1-9(7-13)15-18(16,17)12-4-2-3-10-8-14-6-5-11(10)12/h2-6,8-9,15H,7H2,1H3. The Morgan fingerprint density at radius 3 is 2.89 bits per heavy atom. The van der Waals surface area contributed by atoms with E-state index in [-0.39, 0.29) is 10.9 Å². The van der Waals surface area contributed by atoms with Crippen molar-refractivity contribution in [2.24, 2.45) is 0 Å². The van der Waals surface area contributed by atoms with E-state index in [2.05, 4.69) is 25.6 Å². The molecule has 0 spiro atoms. The molecule has 1 aromatic carbocycles. The Morgan fingerprint density at radius 2 is 2.17 bits per heavy atom. The van der Waals surface area contributed by atoms with E-state index in [1.165, 1.54) is 0 Å². The smallest absolute Gasteiger partial charge is 0.241 e. The highest BCUT2D eigenvalue weighted by molar-refractivity contribution is 9.09. The lowest BCUT2D eigenvalue weighted by Gasteiger charge is -2.13. The summed E-state index contributed by atoms with van der Waals surface area (Å²) in [6.07, 6.45) is 3.25. The molecule has 0 saturated heterocycles. The molecule has 1 N–H and O–H groups in total. The first kappa shape index (κ1) is 13.5. The van der Waals surface area contributed by atoms with E-state index >= 15 is 0 Å². The summed E-state index contributed by atoms with van der Waals surface area (Å²) < 4.78 is 27.1. The van der Waals surface area contributed by atoms with E-state index < -0.39 is 10.0 Å². The molecule has 0 saturated carbocycles. The number of fused-ring (bicyclic) bond motifs is 1. The maximum absolute atomic E-state index is 12.3. The molecule has 0 aliphatic rings. The van der Waals surface area contributed by atoms with E-state index in [1.54, 1.807) is 37.5 Å². The Kier molecular flexibility index (Phi) is 3.99. The molecule has 1 heterocycles. The Morgan fingerprint density at radius 1 is 1.39 bits per heavy atom. The summed E-state index contributed by atoms with van der Waals surface area (Å²) in [5.74, 6) is 0. The molecule has 0 aliphatic heterocycles. The number of pyridine rings is 1. The van der Waals surface area contributed by atoms with E-state index in [0.717, 1.165) is 5.39 Å². The van der Waals surface area contributed by atoms with Gasteiger partial charge in [-0.1, -0.05) is 28.1 Å². The van der Waals surface area contributed by atoms with Crippen molar-refractivity contribution in [1.29, 1.82) is 0 Å². The lowest BCUT2D eigenvalue weighted by atomic mass is 10.2. The molecule has 1 atom stereocenters. The third-order valence-corrected chi connectivity index (χ3v) is 5.14. The zero-order valence-electron chi connectivity index (χ0n) is 9.80. The predicted molar refractivity (Wildman–Crippen MR) is 75.3 cm³/mol. The fourth-order valence-electron chi connectivity index (χ4n) is 1.69. The number of hydrogen-bond donors (Lipinski definition) is 1. The van der Waals surface area contributed by atoms with Crippen molar-refractivity contribution in [1.82, 2.24) is 9.71 Å². The van der Waals surface area contributed by atoms with Gasteiger partial charge in [-0.25, -0.2) is 13.1 Å². The summed E-state index contributed by atoms with van der Waals surface area (Å²) in [5.41, 5.74) is 0. The van der Waals surface area contributed by atoms with Crippen molar-refractivity contribution in [2.75, 3.05) is 5.33 Å². The number of halogens is 1. The predicted octanol–water partition coefficient (Wildman–Crippen LogP) is 2.30. The third kappa shape index (κ3) is 2.71. The van der Waals surface area contributed by atoms with Crippen LogP contribution in [0.1, 0.15) is 6.92 Å². The van der Waals surface area contributed by atoms with Gasteiger partial charge in [-0.05, 0) is 19.1 Å². The number of rotatable bonds is 4. The summed E-state index contributed by atoms with van der Waals surface area (Å²) in [6.45, 7) is 1.80. The van der Waals surface area contributed by atoms with Gasteiger partial charge < -0.3 is 0 Å². The van der Waals surface area contributed by atoms with Crippen molar-refractivity contribution in [2.45, 2.75) is 17.9 Å². The lowest BCUT2D eigenvalue weighted by Crippen LogP contribution is -2.33. The van der Waals surface area contributed by atoms with Gasteiger partial charge in [0.15, 0.2) is 0 Å². The Labute approximate surface area is 115 Å². The molecular weight excluding hydrogens is 316 g/mol. The molecule has 0 bridgehead atoms. The number of benzene rings is 1. The molecule has 6 heteroatoms. The molecule has 4 nitrogen and oxygen atoms in total. The van der Waals surface area contributed by atoms with Crippen molar-refractivity contribution in [3.8, 4) is 0 Å². The second-order valence-electron chi connectivity index (χ2n) is 4.03. The highest BCUT2D eigenvalue weighted by Gasteiger charge is 2.19. The largest absolute Gasteiger partial charge is 0.264 e. The second-order valence-corrected chi connectivity index (χ2v) is 6.36. The Hall–Kier alpha value is -0.980. The number of nitrogens with one attached hydrogen (secondary N) is 1. The van der Waals surface area contributed by atoms with Gasteiger partial charge in [0.25, 0.3) is 0 Å². The minimum Gasteiger partial charge on any atom is -0.264 e. The number of sulfonamides is 1. The van der Waals surface area contributed by atoms with Crippen LogP contribution in [0.4, 0.5) is 0 Å². The Bertz CT molecular complexity index is 653. The maximum Gasteiger partial charge on any atom is 0.241 e. The summed E-state index contributed by atoms with van der Waals surface area (Å²) in [4.78, 5) is 4.28. The fraction of sp³-hybridized carbons (Fsp3) is 0.250. The zero-order chi connectivity index (χ0) is 13.2. The topological polar surface area (TPSA) is 59.1 Å². The quantitative estimate of drug-likeness (QED) is 0.876. The van der Waals surface area contributed by atoms with Crippen LogP contribution in [0.25, 0.3) is 10.8 Å². The first-order valence-electron chi connectivity index (χ1n) is 5.45. The lowest BCUT2D eigenvalue weighted by molar-refractivity contribution is 0.572. The summed E-state index contributed by atoms with van der Waals surface area (Å²) in [5, 5.41) is 2.06. The van der Waals surface area contributed by atoms with Crippen LogP contribution in [0.15, 0.2) is 41.6 Å². The molecule has 2 aromatic rings. The fourth-order valence-corrected chi connectivity index (χ4v) is 3.54. The van der Waals surface area contributed by atoms with Crippen molar-refractivity contribution >= 4 is 36.7 Å². The van der Waals surface area contributed by atoms with Crippen LogP contribution in [-0.2, 0) is 10.0 Å². The highest BCUT2D eigenvalue weighted by atomic mass is 79.9. The minimum atomic E-state index is -3.51. The van der Waals surface area contributed by atoms with Gasteiger partial charge in [0.05, 0.1) is 4.90 Å². The van der Waals surface area contributed by atoms with Crippen molar-refractivity contribution < 1.29 is 8.42 Å². The van der Waals surface area contributed by atoms with Crippen LogP contribution in [0.2, 0.25) is 0 Å². The molecule has 96 valence electrons. The zero-order valence-corrected chi connectivity index (χ0v) is 12.2. The molecule has 0 radical (unpaired) electrons. The van der Waals surface area contributed by atoms with Gasteiger partial charge in [-0.3, -0.25) is 4.98 Å². The third-order valence-electron chi connectivity index (χ3n) is 2.52. The summed E-state index contributed by atoms with van der Waals surface area (Å²) in [6, 6.07) is 6.72. The van der Waals surface area contributed by atoms with E-state index in [0.29, 0.717) is 10.7 Å². The number of aromatic nitrogens is 1. The molecule has 2 rings (SSSR count). The van der Waals surface area contributed by atoms with Gasteiger partial charge in [0.2, 0.25) is 10.0 Å². The molecule has 0 fully saturated rings. The monoisotopic (exact) mass is 328 g/mol. The summed E-state index contributed by atoms with van der Waals surface area (Å²) >= 11 is 3.25. The molecular formula is C12H13BrN2O2S. The van der Waals surface area contributed by atoms with Gasteiger partial charge in [-0.2, -0.15) is 0 Å². The number of nitrogens with zero attached hydrogens (tertiary/aromatic N) is 1. The summed E-state index contributed by atoms with van der Waals surface area (Å²) in [7, 11) is -3.51. The van der Waals surface area contributed by atoms with Crippen molar-refractivity contribution in [3.63, 3.8) is 0 Å². The van der Waals surface area contributed by atoms with E-state index in [9.17, 15) is 8.42 Å². The Balaban J connectivity index is 2.54. The molecule has 0 amide bonds. The van der Waals surface area contributed by atoms with E-state index in [4.69, 9.17) is 0 Å². The van der Waals surface area contributed by atoms with Gasteiger partial charge >= 0.3 is 0 Å². The van der Waals surface area contributed by atoms with Gasteiger partial charge in [-0.15, -0.1) is 0 Å². The number of hydrogen-bond acceptors (Lipinski definition) is 3. The van der Waals surface area contributed by atoms with Crippen LogP contribution < -0.4 is 4.72 Å². The van der Waals surface area contributed by atoms with Gasteiger partial charge in [0, 0.05) is 34.5 Å². The minimum absolute atomic E-state index is 0.160. The van der Waals surface area contributed by atoms with Crippen LogP contribution in [0.5, 0.6) is 0 Å². The van der Waals surface area contributed by atoms with Crippen LogP contribution in [-0.4, -0.2) is 24.8 Å². The average Bonchev–Trinajstić information content (AvgIpc) is 2.37. The van der Waals surface area contributed by atoms with Crippen LogP contribution >= 0.6 is 15.9 Å². The van der Waals surface area contributed by atoms with Crippen molar-refractivity contribution in [3.05, 3.63) is 36.7 Å². The second kappa shape index (κ2) is 5.34. The van der Waals surface area contributed by atoms with Crippen LogP contribution in [0.3, 0.4) is 0 Å². The van der Waals surface area contributed by atoms with Gasteiger partial charge in [0.1, 0.15) is 0 Å². The van der Waals surface area contributed by atoms with Crippen LogP contribution in [0, 0.1) is 0 Å². The van der Waals surface area contributed by atoms with E-state index in [1.807, 2.05) is 6.07 Å². The first-order chi connectivity index (χ1) is 8.54. The molecule has 18 heavy (non-hydrogen) atoms. The molecule has 1 unspecified atom stereocenters. The normalized spacial score (nSPS) is 13.7. The molecule has 0 aliphatic carbocycles. The number of alkyl halides is 1. The average molecular weight is 329 g/mol. The highest BCUT2D eigenvalue weighted by Crippen LogP contribution is 2.22. The SMILES string of the molecule is CC(CBr)NS(=O)(=O)c1cccc2cnccc12. The first-order valence-corrected chi connectivity index (χ1v) is 8.06. The maximum atomic E-state index is 12.3.